The zero-order valence-corrected chi connectivity index (χ0v) is 9.66. The molecule has 2 rings (SSSR count). The van der Waals surface area contributed by atoms with Gasteiger partial charge < -0.3 is 5.32 Å². The van der Waals surface area contributed by atoms with E-state index in [0.717, 1.165) is 22.2 Å². The third-order valence-electron chi connectivity index (χ3n) is 2.83. The van der Waals surface area contributed by atoms with Crippen LogP contribution in [0.25, 0.3) is 10.9 Å². The molecule has 0 bridgehead atoms. The molecule has 1 aromatic carbocycles. The highest BCUT2D eigenvalue weighted by atomic mass is 16.1. The normalized spacial score (nSPS) is 11.7. The molecule has 1 aromatic heterocycles. The number of hydrogen-bond donors (Lipinski definition) is 2. The lowest BCUT2D eigenvalue weighted by Crippen LogP contribution is -2.35. The molecule has 0 saturated carbocycles. The Hall–Kier alpha value is -1.84. The number of benzene rings is 1. The van der Waals surface area contributed by atoms with Gasteiger partial charge in [-0.25, -0.2) is 0 Å². The van der Waals surface area contributed by atoms with Gasteiger partial charge in [-0.05, 0) is 26.3 Å². The van der Waals surface area contributed by atoms with Crippen molar-refractivity contribution >= 4 is 17.3 Å². The lowest BCUT2D eigenvalue weighted by molar-refractivity contribution is -0.111. The summed E-state index contributed by atoms with van der Waals surface area (Å²) in [5.74, 6) is 0. The highest BCUT2D eigenvalue weighted by Gasteiger charge is 2.24. The highest BCUT2D eigenvalue weighted by Crippen LogP contribution is 2.27. The molecular weight excluding hydrogens is 202 g/mol. The lowest BCUT2D eigenvalue weighted by Gasteiger charge is -2.22. The Morgan fingerprint density at radius 3 is 2.88 bits per heavy atom. The molecule has 2 N–H and O–H groups in total. The van der Waals surface area contributed by atoms with E-state index in [1.54, 1.807) is 0 Å². The smallest absolute Gasteiger partial charge is 0.207 e. The summed E-state index contributed by atoms with van der Waals surface area (Å²) in [6.45, 7) is 5.90. The molecule has 16 heavy (non-hydrogen) atoms. The van der Waals surface area contributed by atoms with Crippen LogP contribution in [0.1, 0.15) is 25.1 Å². The van der Waals surface area contributed by atoms with Crippen LogP contribution in [0.15, 0.2) is 18.2 Å². The molecule has 0 unspecified atom stereocenters. The van der Waals surface area contributed by atoms with Gasteiger partial charge >= 0.3 is 0 Å². The van der Waals surface area contributed by atoms with Gasteiger partial charge in [0.15, 0.2) is 0 Å². The second-order valence-corrected chi connectivity index (χ2v) is 4.46. The molecule has 0 aliphatic heterocycles. The fourth-order valence-corrected chi connectivity index (χ4v) is 1.88. The summed E-state index contributed by atoms with van der Waals surface area (Å²) in [6.07, 6.45) is 0.711. The molecule has 4 nitrogen and oxygen atoms in total. The maximum atomic E-state index is 10.6. The molecule has 0 spiro atoms. The first-order chi connectivity index (χ1) is 7.56. The standard InChI is InChI=1S/C12H15N3O/c1-8-5-4-6-9-10(8)14-15-11(9)12(2,3)13-7-16/h4-7H,1-3H3,(H,13,16)(H,14,15). The van der Waals surface area contributed by atoms with Crippen LogP contribution < -0.4 is 5.32 Å². The summed E-state index contributed by atoms with van der Waals surface area (Å²) in [7, 11) is 0. The van der Waals surface area contributed by atoms with Gasteiger partial charge in [-0.1, -0.05) is 18.2 Å². The number of nitrogens with one attached hydrogen (secondary N) is 2. The molecule has 0 aliphatic carbocycles. The molecule has 0 fully saturated rings. The third kappa shape index (κ3) is 1.56. The SMILES string of the molecule is Cc1cccc2c(C(C)(C)NC=O)[nH]nc12. The zero-order valence-electron chi connectivity index (χ0n) is 9.66. The van der Waals surface area contributed by atoms with Gasteiger partial charge in [0.05, 0.1) is 16.7 Å². The van der Waals surface area contributed by atoms with Gasteiger partial charge in [-0.3, -0.25) is 9.89 Å². The van der Waals surface area contributed by atoms with E-state index in [0.29, 0.717) is 6.41 Å². The van der Waals surface area contributed by atoms with Gasteiger partial charge in [0.25, 0.3) is 0 Å². The first kappa shape index (κ1) is 10.7. The molecule has 2 aromatic rings. The summed E-state index contributed by atoms with van der Waals surface area (Å²) in [6, 6.07) is 6.02. The molecule has 0 radical (unpaired) electrons. The topological polar surface area (TPSA) is 57.8 Å². The minimum absolute atomic E-state index is 0.440. The van der Waals surface area contributed by atoms with Crippen LogP contribution in [0.4, 0.5) is 0 Å². The summed E-state index contributed by atoms with van der Waals surface area (Å²) >= 11 is 0. The van der Waals surface area contributed by atoms with Crippen molar-refractivity contribution < 1.29 is 4.79 Å². The van der Waals surface area contributed by atoms with Crippen LogP contribution in [0.2, 0.25) is 0 Å². The number of rotatable bonds is 3. The fourth-order valence-electron chi connectivity index (χ4n) is 1.88. The summed E-state index contributed by atoms with van der Waals surface area (Å²) < 4.78 is 0. The number of aryl methyl sites for hydroxylation is 1. The van der Waals surface area contributed by atoms with E-state index in [4.69, 9.17) is 0 Å². The summed E-state index contributed by atoms with van der Waals surface area (Å²) in [4.78, 5) is 10.6. The Bertz CT molecular complexity index is 528. The number of aromatic amines is 1. The molecule has 84 valence electrons. The average Bonchev–Trinajstić information content (AvgIpc) is 2.63. The number of aromatic nitrogens is 2. The van der Waals surface area contributed by atoms with Crippen molar-refractivity contribution in [3.05, 3.63) is 29.5 Å². The summed E-state index contributed by atoms with van der Waals surface area (Å²) in [5, 5.41) is 11.1. The minimum Gasteiger partial charge on any atom is -0.348 e. The van der Waals surface area contributed by atoms with E-state index in [1.807, 2.05) is 39.0 Å². The summed E-state index contributed by atoms with van der Waals surface area (Å²) in [5.41, 5.74) is 2.57. The Balaban J connectivity index is 2.62. The van der Waals surface area contributed by atoms with Gasteiger partial charge in [-0.2, -0.15) is 5.10 Å². The van der Waals surface area contributed by atoms with Gasteiger partial charge in [0.2, 0.25) is 6.41 Å². The van der Waals surface area contributed by atoms with Crippen LogP contribution >= 0.6 is 0 Å². The maximum Gasteiger partial charge on any atom is 0.207 e. The fraction of sp³-hybridized carbons (Fsp3) is 0.333. The monoisotopic (exact) mass is 217 g/mol. The van der Waals surface area contributed by atoms with Crippen molar-refractivity contribution in [3.8, 4) is 0 Å². The first-order valence-electron chi connectivity index (χ1n) is 5.22. The molecule has 4 heteroatoms. The molecule has 0 atom stereocenters. The minimum atomic E-state index is -0.440. The number of para-hydroxylation sites is 1. The van der Waals surface area contributed by atoms with Crippen molar-refractivity contribution in [1.82, 2.24) is 15.5 Å². The average molecular weight is 217 g/mol. The van der Waals surface area contributed by atoms with E-state index in [9.17, 15) is 4.79 Å². The van der Waals surface area contributed by atoms with Crippen LogP contribution in [0.5, 0.6) is 0 Å². The van der Waals surface area contributed by atoms with Crippen LogP contribution in [0, 0.1) is 6.92 Å². The van der Waals surface area contributed by atoms with E-state index < -0.39 is 5.54 Å². The number of carbonyl (C=O) groups excluding carboxylic acids is 1. The Morgan fingerprint density at radius 1 is 1.44 bits per heavy atom. The predicted molar refractivity (Wildman–Crippen MR) is 63.1 cm³/mol. The molecule has 0 saturated heterocycles. The number of amides is 1. The van der Waals surface area contributed by atoms with E-state index >= 15 is 0 Å². The van der Waals surface area contributed by atoms with Crippen molar-refractivity contribution in [1.29, 1.82) is 0 Å². The first-order valence-corrected chi connectivity index (χ1v) is 5.22. The number of nitrogens with zero attached hydrogens (tertiary/aromatic N) is 1. The Morgan fingerprint density at radius 2 is 2.19 bits per heavy atom. The Labute approximate surface area is 94.0 Å². The van der Waals surface area contributed by atoms with E-state index in [2.05, 4.69) is 15.5 Å². The van der Waals surface area contributed by atoms with Crippen molar-refractivity contribution in [3.63, 3.8) is 0 Å². The Kier molecular flexibility index (Phi) is 2.42. The molecule has 1 amide bonds. The molecular formula is C12H15N3O. The number of carbonyl (C=O) groups is 1. The van der Waals surface area contributed by atoms with E-state index in [-0.39, 0.29) is 0 Å². The number of H-pyrrole nitrogens is 1. The van der Waals surface area contributed by atoms with Crippen LogP contribution in [-0.2, 0) is 10.3 Å². The second-order valence-electron chi connectivity index (χ2n) is 4.46. The van der Waals surface area contributed by atoms with Crippen molar-refractivity contribution in [2.45, 2.75) is 26.3 Å². The van der Waals surface area contributed by atoms with Crippen LogP contribution in [0.3, 0.4) is 0 Å². The van der Waals surface area contributed by atoms with E-state index in [1.165, 1.54) is 0 Å². The number of fused-ring (bicyclic) bond motifs is 1. The number of hydrogen-bond acceptors (Lipinski definition) is 2. The lowest BCUT2D eigenvalue weighted by atomic mass is 9.97. The van der Waals surface area contributed by atoms with Gasteiger partial charge in [0, 0.05) is 5.39 Å². The zero-order chi connectivity index (χ0) is 11.8. The largest absolute Gasteiger partial charge is 0.348 e. The predicted octanol–water partition coefficient (Wildman–Crippen LogP) is 1.85. The maximum absolute atomic E-state index is 10.6. The van der Waals surface area contributed by atoms with Crippen molar-refractivity contribution in [2.24, 2.45) is 0 Å². The highest BCUT2D eigenvalue weighted by molar-refractivity contribution is 5.85. The third-order valence-corrected chi connectivity index (χ3v) is 2.83. The molecule has 1 heterocycles. The van der Waals surface area contributed by atoms with Crippen molar-refractivity contribution in [2.75, 3.05) is 0 Å². The second kappa shape index (κ2) is 3.63. The molecule has 0 aliphatic rings. The van der Waals surface area contributed by atoms with Gasteiger partial charge in [0.1, 0.15) is 0 Å². The quantitative estimate of drug-likeness (QED) is 0.771. The van der Waals surface area contributed by atoms with Gasteiger partial charge in [-0.15, -0.1) is 0 Å². The van der Waals surface area contributed by atoms with Crippen LogP contribution in [-0.4, -0.2) is 16.6 Å².